The molecule has 2 aromatic carbocycles. The lowest BCUT2D eigenvalue weighted by molar-refractivity contribution is -0.862. The Hall–Kier alpha value is -2.82. The number of rotatable bonds is 8. The molecule has 2 aromatic rings. The summed E-state index contributed by atoms with van der Waals surface area (Å²) in [7, 11) is 1.81. The van der Waals surface area contributed by atoms with Gasteiger partial charge in [-0.1, -0.05) is 29.8 Å². The number of thioether (sulfide) groups is 1. The van der Waals surface area contributed by atoms with Gasteiger partial charge in [0.2, 0.25) is 0 Å². The molecule has 0 saturated heterocycles. The Morgan fingerprint density at radius 1 is 1.03 bits per heavy atom. The summed E-state index contributed by atoms with van der Waals surface area (Å²) in [6.07, 6.45) is 0. The summed E-state index contributed by atoms with van der Waals surface area (Å²) in [6, 6.07) is 13.5. The van der Waals surface area contributed by atoms with E-state index in [0.29, 0.717) is 11.4 Å². The number of benzene rings is 2. The average molecular weight is 412 g/mol. The maximum absolute atomic E-state index is 12.4. The van der Waals surface area contributed by atoms with E-state index >= 15 is 0 Å². The van der Waals surface area contributed by atoms with Gasteiger partial charge in [-0.3, -0.25) is 9.59 Å². The minimum Gasteiger partial charge on any atom is -0.322 e. The van der Waals surface area contributed by atoms with E-state index in [0.717, 1.165) is 32.2 Å². The zero-order chi connectivity index (χ0) is 21.4. The fourth-order valence-electron chi connectivity index (χ4n) is 3.17. The fraction of sp³-hybridized carbons (Fsp3) is 0.318. The smallest absolute Gasteiger partial charge is 0.279 e. The van der Waals surface area contributed by atoms with E-state index in [1.165, 1.54) is 11.8 Å². The largest absolute Gasteiger partial charge is 0.322 e. The van der Waals surface area contributed by atoms with E-state index in [9.17, 15) is 9.59 Å². The van der Waals surface area contributed by atoms with E-state index in [1.54, 1.807) is 0 Å². The molecular formula is C22H27N4O2S+. The van der Waals surface area contributed by atoms with Crippen LogP contribution in [0.15, 0.2) is 41.3 Å². The molecule has 0 aliphatic rings. The third-order valence-electron chi connectivity index (χ3n) is 4.32. The second-order valence-corrected chi connectivity index (χ2v) is 8.14. The Kier molecular flexibility index (Phi) is 8.25. The van der Waals surface area contributed by atoms with Crippen molar-refractivity contribution in [1.29, 1.82) is 5.26 Å². The Labute approximate surface area is 176 Å². The van der Waals surface area contributed by atoms with E-state index < -0.39 is 0 Å². The van der Waals surface area contributed by atoms with Crippen LogP contribution in [-0.2, 0) is 9.59 Å². The summed E-state index contributed by atoms with van der Waals surface area (Å²) in [5.41, 5.74) is 4.73. The molecule has 152 valence electrons. The molecule has 6 nitrogen and oxygen atoms in total. The van der Waals surface area contributed by atoms with Crippen molar-refractivity contribution in [2.75, 3.05) is 36.5 Å². The minimum atomic E-state index is -0.178. The second-order valence-electron chi connectivity index (χ2n) is 7.12. The van der Waals surface area contributed by atoms with Crippen molar-refractivity contribution in [3.63, 3.8) is 0 Å². The van der Waals surface area contributed by atoms with E-state index in [1.807, 2.05) is 64.2 Å². The lowest BCUT2D eigenvalue weighted by Gasteiger charge is -2.16. The first-order chi connectivity index (χ1) is 13.8. The SMILES string of the molecule is Cc1cc(C)c(NC(=O)C[NH+](C)CC(=O)Nc2ccccc2SCC#N)c(C)c1. The molecule has 29 heavy (non-hydrogen) atoms. The molecule has 0 bridgehead atoms. The van der Waals surface area contributed by atoms with Crippen molar-refractivity contribution >= 4 is 35.0 Å². The van der Waals surface area contributed by atoms with Crippen LogP contribution >= 0.6 is 11.8 Å². The predicted molar refractivity (Wildman–Crippen MR) is 117 cm³/mol. The molecule has 0 aromatic heterocycles. The molecule has 3 N–H and O–H groups in total. The summed E-state index contributed by atoms with van der Waals surface area (Å²) >= 11 is 1.38. The molecule has 0 aliphatic carbocycles. The molecule has 0 radical (unpaired) electrons. The number of likely N-dealkylation sites (N-methyl/N-ethyl adjacent to an activating group) is 1. The molecule has 1 unspecified atom stereocenters. The van der Waals surface area contributed by atoms with Crippen LogP contribution in [0.4, 0.5) is 11.4 Å². The molecule has 0 heterocycles. The van der Waals surface area contributed by atoms with Crippen LogP contribution in [0.2, 0.25) is 0 Å². The van der Waals surface area contributed by atoms with Crippen molar-refractivity contribution in [2.24, 2.45) is 0 Å². The van der Waals surface area contributed by atoms with Crippen LogP contribution in [0.5, 0.6) is 0 Å². The third kappa shape index (κ3) is 6.93. The van der Waals surface area contributed by atoms with Crippen molar-refractivity contribution in [3.8, 4) is 6.07 Å². The molecule has 2 rings (SSSR count). The molecule has 2 amide bonds. The molecular weight excluding hydrogens is 384 g/mol. The van der Waals surface area contributed by atoms with Gasteiger partial charge in [0.25, 0.3) is 11.8 Å². The number of aryl methyl sites for hydroxylation is 3. The van der Waals surface area contributed by atoms with Crippen LogP contribution in [0.1, 0.15) is 16.7 Å². The van der Waals surface area contributed by atoms with Crippen LogP contribution < -0.4 is 15.5 Å². The van der Waals surface area contributed by atoms with Gasteiger partial charge < -0.3 is 15.5 Å². The molecule has 1 atom stereocenters. The molecule has 0 saturated carbocycles. The Morgan fingerprint density at radius 2 is 1.62 bits per heavy atom. The van der Waals surface area contributed by atoms with Crippen molar-refractivity contribution in [3.05, 3.63) is 53.1 Å². The summed E-state index contributed by atoms with van der Waals surface area (Å²) in [6.45, 7) is 6.32. The van der Waals surface area contributed by atoms with Gasteiger partial charge in [-0.25, -0.2) is 0 Å². The molecule has 0 aliphatic heterocycles. The number of quaternary nitrogens is 1. The molecule has 0 spiro atoms. The monoisotopic (exact) mass is 411 g/mol. The summed E-state index contributed by atoms with van der Waals surface area (Å²) < 4.78 is 0. The summed E-state index contributed by atoms with van der Waals surface area (Å²) in [5.74, 6) is 0.00843. The number of amides is 2. The van der Waals surface area contributed by atoms with Crippen molar-refractivity contribution in [1.82, 2.24) is 0 Å². The Morgan fingerprint density at radius 3 is 2.24 bits per heavy atom. The lowest BCUT2D eigenvalue weighted by atomic mass is 10.1. The summed E-state index contributed by atoms with van der Waals surface area (Å²) in [5, 5.41) is 14.6. The first kappa shape index (κ1) is 22.5. The molecule has 0 fully saturated rings. The van der Waals surface area contributed by atoms with Gasteiger partial charge in [0.1, 0.15) is 0 Å². The molecule has 7 heteroatoms. The second kappa shape index (κ2) is 10.6. The Balaban J connectivity index is 1.91. The quantitative estimate of drug-likeness (QED) is 0.582. The summed E-state index contributed by atoms with van der Waals surface area (Å²) in [4.78, 5) is 26.5. The highest BCUT2D eigenvalue weighted by Gasteiger charge is 2.17. The number of nitrogens with zero attached hydrogens (tertiary/aromatic N) is 1. The van der Waals surface area contributed by atoms with Gasteiger partial charge in [0.15, 0.2) is 13.1 Å². The number of anilines is 2. The topological polar surface area (TPSA) is 86.4 Å². The van der Waals surface area contributed by atoms with Crippen LogP contribution in [0, 0.1) is 32.1 Å². The number of nitriles is 1. The minimum absolute atomic E-state index is 0.129. The van der Waals surface area contributed by atoms with Gasteiger partial charge >= 0.3 is 0 Å². The van der Waals surface area contributed by atoms with Crippen molar-refractivity contribution in [2.45, 2.75) is 25.7 Å². The number of hydrogen-bond donors (Lipinski definition) is 3. The maximum Gasteiger partial charge on any atom is 0.279 e. The average Bonchev–Trinajstić information content (AvgIpc) is 2.63. The van der Waals surface area contributed by atoms with E-state index in [-0.39, 0.29) is 24.9 Å². The Bertz CT molecular complexity index is 914. The van der Waals surface area contributed by atoms with Gasteiger partial charge in [0, 0.05) is 10.6 Å². The zero-order valence-corrected chi connectivity index (χ0v) is 18.1. The number of para-hydroxylation sites is 1. The van der Waals surface area contributed by atoms with Gasteiger partial charge in [0.05, 0.1) is 24.6 Å². The highest BCUT2D eigenvalue weighted by Crippen LogP contribution is 2.26. The zero-order valence-electron chi connectivity index (χ0n) is 17.3. The van der Waals surface area contributed by atoms with Crippen LogP contribution in [0.25, 0.3) is 0 Å². The standard InChI is InChI=1S/C22H26N4O2S/c1-15-11-16(2)22(17(3)12-15)25-21(28)14-26(4)13-20(27)24-18-7-5-6-8-19(18)29-10-9-23/h5-8,11-12H,10,13-14H2,1-4H3,(H,24,27)(H,25,28)/p+1. The van der Waals surface area contributed by atoms with E-state index in [4.69, 9.17) is 5.26 Å². The lowest BCUT2D eigenvalue weighted by Crippen LogP contribution is -3.11. The van der Waals surface area contributed by atoms with Crippen LogP contribution in [0.3, 0.4) is 0 Å². The third-order valence-corrected chi connectivity index (χ3v) is 5.26. The number of carbonyl (C=O) groups excluding carboxylic acids is 2. The van der Waals surface area contributed by atoms with Gasteiger partial charge in [-0.2, -0.15) is 5.26 Å². The normalized spacial score (nSPS) is 11.4. The van der Waals surface area contributed by atoms with Crippen molar-refractivity contribution < 1.29 is 14.5 Å². The first-order valence-electron chi connectivity index (χ1n) is 9.37. The highest BCUT2D eigenvalue weighted by atomic mass is 32.2. The highest BCUT2D eigenvalue weighted by molar-refractivity contribution is 7.99. The fourth-order valence-corrected chi connectivity index (χ4v) is 3.84. The first-order valence-corrected chi connectivity index (χ1v) is 10.4. The number of hydrogen-bond acceptors (Lipinski definition) is 4. The predicted octanol–water partition coefficient (Wildman–Crippen LogP) is 2.32. The number of nitrogens with one attached hydrogen (secondary N) is 3. The number of carbonyl (C=O) groups is 2. The van der Waals surface area contributed by atoms with Crippen LogP contribution in [-0.4, -0.2) is 37.7 Å². The maximum atomic E-state index is 12.4. The van der Waals surface area contributed by atoms with E-state index in [2.05, 4.69) is 16.7 Å². The van der Waals surface area contributed by atoms with Gasteiger partial charge in [-0.05, 0) is 44.0 Å². The van der Waals surface area contributed by atoms with Gasteiger partial charge in [-0.15, -0.1) is 11.8 Å².